The van der Waals surface area contributed by atoms with Crippen LogP contribution in [-0.4, -0.2) is 19.5 Å². The summed E-state index contributed by atoms with van der Waals surface area (Å²) in [5.41, 5.74) is 2.84. The Balaban J connectivity index is 1.93. The Kier molecular flexibility index (Phi) is 2.87. The van der Waals surface area contributed by atoms with Gasteiger partial charge in [-0.15, -0.1) is 0 Å². The standard InChI is InChI=1S/C14H15N5/c1-10(11-6-4-3-5-7-11)18-13-12-14(16-8-15-13)19(2)9-17-12/h3-10H,1-2H3,(H,15,16,18). The van der Waals surface area contributed by atoms with Crippen molar-refractivity contribution < 1.29 is 0 Å². The van der Waals surface area contributed by atoms with E-state index < -0.39 is 0 Å². The number of hydrogen-bond donors (Lipinski definition) is 1. The number of hydrogen-bond acceptors (Lipinski definition) is 4. The second-order valence-corrected chi connectivity index (χ2v) is 4.53. The van der Waals surface area contributed by atoms with Gasteiger partial charge in [0.05, 0.1) is 12.4 Å². The van der Waals surface area contributed by atoms with Crippen molar-refractivity contribution in [2.24, 2.45) is 7.05 Å². The van der Waals surface area contributed by atoms with E-state index in [0.29, 0.717) is 0 Å². The SMILES string of the molecule is CC(Nc1ncnc2c1ncn2C)c1ccccc1. The molecule has 1 atom stereocenters. The molecule has 0 radical (unpaired) electrons. The molecule has 0 spiro atoms. The quantitative estimate of drug-likeness (QED) is 0.779. The molecular formula is C14H15N5. The number of fused-ring (bicyclic) bond motifs is 1. The van der Waals surface area contributed by atoms with Crippen LogP contribution in [0.5, 0.6) is 0 Å². The van der Waals surface area contributed by atoms with Gasteiger partial charge in [-0.1, -0.05) is 30.3 Å². The van der Waals surface area contributed by atoms with Gasteiger partial charge in [0.15, 0.2) is 11.5 Å². The summed E-state index contributed by atoms with van der Waals surface area (Å²) in [7, 11) is 1.92. The minimum Gasteiger partial charge on any atom is -0.362 e. The summed E-state index contributed by atoms with van der Waals surface area (Å²) in [6.07, 6.45) is 3.31. The van der Waals surface area contributed by atoms with Crippen LogP contribution in [0.1, 0.15) is 18.5 Å². The van der Waals surface area contributed by atoms with Gasteiger partial charge in [-0.25, -0.2) is 15.0 Å². The lowest BCUT2D eigenvalue weighted by molar-refractivity contribution is 0.874. The summed E-state index contributed by atoms with van der Waals surface area (Å²) >= 11 is 0. The van der Waals surface area contributed by atoms with Crippen molar-refractivity contribution in [2.45, 2.75) is 13.0 Å². The molecular weight excluding hydrogens is 238 g/mol. The Hall–Kier alpha value is -2.43. The summed E-state index contributed by atoms with van der Waals surface area (Å²) < 4.78 is 1.88. The molecule has 0 saturated carbocycles. The van der Waals surface area contributed by atoms with Crippen molar-refractivity contribution in [3.8, 4) is 0 Å². The van der Waals surface area contributed by atoms with Crippen LogP contribution >= 0.6 is 0 Å². The van der Waals surface area contributed by atoms with Crippen molar-refractivity contribution in [3.05, 3.63) is 48.5 Å². The van der Waals surface area contributed by atoms with Gasteiger partial charge in [-0.3, -0.25) is 0 Å². The number of aryl methyl sites for hydroxylation is 1. The third kappa shape index (κ3) is 2.14. The van der Waals surface area contributed by atoms with Crippen LogP contribution in [-0.2, 0) is 7.05 Å². The van der Waals surface area contributed by atoms with Crippen LogP contribution < -0.4 is 5.32 Å². The van der Waals surface area contributed by atoms with Crippen LogP contribution in [0.4, 0.5) is 5.82 Å². The lowest BCUT2D eigenvalue weighted by Crippen LogP contribution is -2.08. The molecule has 1 N–H and O–H groups in total. The predicted octanol–water partition coefficient (Wildman–Crippen LogP) is 2.54. The van der Waals surface area contributed by atoms with E-state index in [1.165, 1.54) is 5.56 Å². The van der Waals surface area contributed by atoms with E-state index in [1.54, 1.807) is 12.7 Å². The van der Waals surface area contributed by atoms with Crippen LogP contribution in [0.2, 0.25) is 0 Å². The van der Waals surface area contributed by atoms with Gasteiger partial charge in [0.1, 0.15) is 11.8 Å². The molecule has 0 aliphatic heterocycles. The Morgan fingerprint density at radius 3 is 2.68 bits per heavy atom. The second-order valence-electron chi connectivity index (χ2n) is 4.53. The smallest absolute Gasteiger partial charge is 0.165 e. The van der Waals surface area contributed by atoms with E-state index in [-0.39, 0.29) is 6.04 Å². The molecule has 3 rings (SSSR count). The fourth-order valence-electron chi connectivity index (χ4n) is 2.08. The van der Waals surface area contributed by atoms with Gasteiger partial charge in [0.2, 0.25) is 0 Å². The molecule has 5 heteroatoms. The number of nitrogens with zero attached hydrogens (tertiary/aromatic N) is 4. The molecule has 0 aliphatic carbocycles. The Morgan fingerprint density at radius 2 is 1.89 bits per heavy atom. The Labute approximate surface area is 111 Å². The van der Waals surface area contributed by atoms with E-state index in [1.807, 2.05) is 29.8 Å². The number of rotatable bonds is 3. The van der Waals surface area contributed by atoms with Gasteiger partial charge >= 0.3 is 0 Å². The third-order valence-corrected chi connectivity index (χ3v) is 3.15. The first-order valence-corrected chi connectivity index (χ1v) is 6.19. The molecule has 0 fully saturated rings. The molecule has 0 bridgehead atoms. The maximum absolute atomic E-state index is 4.34. The molecule has 1 unspecified atom stereocenters. The van der Waals surface area contributed by atoms with Crippen molar-refractivity contribution in [1.29, 1.82) is 0 Å². The van der Waals surface area contributed by atoms with Gasteiger partial charge < -0.3 is 9.88 Å². The number of nitrogens with one attached hydrogen (secondary N) is 1. The highest BCUT2D eigenvalue weighted by atomic mass is 15.1. The molecule has 96 valence electrons. The average molecular weight is 253 g/mol. The van der Waals surface area contributed by atoms with Gasteiger partial charge in [0.25, 0.3) is 0 Å². The fraction of sp³-hybridized carbons (Fsp3) is 0.214. The first kappa shape index (κ1) is 11.6. The highest BCUT2D eigenvalue weighted by Crippen LogP contribution is 2.22. The zero-order chi connectivity index (χ0) is 13.2. The van der Waals surface area contributed by atoms with E-state index in [9.17, 15) is 0 Å². The molecule has 2 heterocycles. The van der Waals surface area contributed by atoms with Crippen LogP contribution in [0.15, 0.2) is 43.0 Å². The lowest BCUT2D eigenvalue weighted by atomic mass is 10.1. The zero-order valence-corrected chi connectivity index (χ0v) is 10.9. The summed E-state index contributed by atoms with van der Waals surface area (Å²) in [6, 6.07) is 10.4. The lowest BCUT2D eigenvalue weighted by Gasteiger charge is -2.14. The first-order chi connectivity index (χ1) is 9.25. The van der Waals surface area contributed by atoms with Gasteiger partial charge in [-0.05, 0) is 12.5 Å². The van der Waals surface area contributed by atoms with E-state index in [4.69, 9.17) is 0 Å². The first-order valence-electron chi connectivity index (χ1n) is 6.19. The Morgan fingerprint density at radius 1 is 1.11 bits per heavy atom. The molecule has 19 heavy (non-hydrogen) atoms. The molecule has 0 amide bonds. The number of anilines is 1. The average Bonchev–Trinajstić information content (AvgIpc) is 2.83. The monoisotopic (exact) mass is 253 g/mol. The predicted molar refractivity (Wildman–Crippen MR) is 74.8 cm³/mol. The number of aromatic nitrogens is 4. The summed E-state index contributed by atoms with van der Waals surface area (Å²) in [6.45, 7) is 2.10. The summed E-state index contributed by atoms with van der Waals surface area (Å²) in [5, 5.41) is 3.39. The molecule has 0 saturated heterocycles. The summed E-state index contributed by atoms with van der Waals surface area (Å²) in [5.74, 6) is 0.766. The number of imidazole rings is 1. The highest BCUT2D eigenvalue weighted by Gasteiger charge is 2.11. The molecule has 5 nitrogen and oxygen atoms in total. The van der Waals surface area contributed by atoms with E-state index in [2.05, 4.69) is 39.3 Å². The maximum atomic E-state index is 4.34. The van der Waals surface area contributed by atoms with Crippen molar-refractivity contribution in [3.63, 3.8) is 0 Å². The van der Waals surface area contributed by atoms with Crippen molar-refractivity contribution >= 4 is 17.0 Å². The fourth-order valence-corrected chi connectivity index (χ4v) is 2.08. The molecule has 1 aromatic carbocycles. The van der Waals surface area contributed by atoms with Crippen molar-refractivity contribution in [1.82, 2.24) is 19.5 Å². The van der Waals surface area contributed by atoms with Gasteiger partial charge in [0, 0.05) is 7.05 Å². The maximum Gasteiger partial charge on any atom is 0.165 e. The number of benzene rings is 1. The third-order valence-electron chi connectivity index (χ3n) is 3.15. The molecule has 2 aromatic heterocycles. The Bertz CT molecular complexity index is 689. The van der Waals surface area contributed by atoms with Crippen molar-refractivity contribution in [2.75, 3.05) is 5.32 Å². The van der Waals surface area contributed by atoms with Gasteiger partial charge in [-0.2, -0.15) is 0 Å². The largest absolute Gasteiger partial charge is 0.362 e. The van der Waals surface area contributed by atoms with E-state index >= 15 is 0 Å². The topological polar surface area (TPSA) is 55.6 Å². The zero-order valence-electron chi connectivity index (χ0n) is 10.9. The normalized spacial score (nSPS) is 12.5. The minimum atomic E-state index is 0.168. The van der Waals surface area contributed by atoms with E-state index in [0.717, 1.165) is 17.0 Å². The van der Waals surface area contributed by atoms with Crippen LogP contribution in [0.25, 0.3) is 11.2 Å². The molecule has 0 aliphatic rings. The second kappa shape index (κ2) is 4.68. The highest BCUT2D eigenvalue weighted by molar-refractivity contribution is 5.82. The van der Waals surface area contributed by atoms with Crippen LogP contribution in [0, 0.1) is 0 Å². The van der Waals surface area contributed by atoms with Crippen LogP contribution in [0.3, 0.4) is 0 Å². The summed E-state index contributed by atoms with van der Waals surface area (Å²) in [4.78, 5) is 12.9. The minimum absolute atomic E-state index is 0.168. The molecule has 3 aromatic rings.